The molecule has 0 bridgehead atoms. The van der Waals surface area contributed by atoms with E-state index in [1.165, 1.54) is 0 Å². The van der Waals surface area contributed by atoms with Crippen molar-refractivity contribution >= 4 is 12.0 Å². The van der Waals surface area contributed by atoms with Crippen LogP contribution >= 0.6 is 0 Å². The lowest BCUT2D eigenvalue weighted by atomic mass is 9.86. The topological polar surface area (TPSA) is 79.5 Å². The molecule has 1 aliphatic rings. The van der Waals surface area contributed by atoms with Crippen molar-refractivity contribution in [1.29, 1.82) is 0 Å². The average molecular weight is 347 g/mol. The fourth-order valence-corrected chi connectivity index (χ4v) is 2.69. The van der Waals surface area contributed by atoms with Crippen LogP contribution in [0.5, 0.6) is 0 Å². The van der Waals surface area contributed by atoms with Gasteiger partial charge in [-0.2, -0.15) is 0 Å². The molecular formula is C19H29N3O3. The molecule has 1 aromatic rings. The fraction of sp³-hybridized carbons (Fsp3) is 0.579. The van der Waals surface area contributed by atoms with E-state index in [-0.39, 0.29) is 30.6 Å². The Bertz CT molecular complexity index is 556. The molecule has 1 fully saturated rings. The Morgan fingerprint density at radius 1 is 1.12 bits per heavy atom. The fourth-order valence-electron chi connectivity index (χ4n) is 2.69. The molecule has 1 unspecified atom stereocenters. The Morgan fingerprint density at radius 3 is 2.44 bits per heavy atom. The number of amides is 2. The summed E-state index contributed by atoms with van der Waals surface area (Å²) in [6.07, 6.45) is 1.22. The van der Waals surface area contributed by atoms with Crippen LogP contribution in [0.25, 0.3) is 0 Å². The van der Waals surface area contributed by atoms with Crippen molar-refractivity contribution < 1.29 is 14.3 Å². The number of nitrogens with one attached hydrogen (secondary N) is 3. The maximum absolute atomic E-state index is 11.9. The molecular weight excluding hydrogens is 318 g/mol. The smallest absolute Gasteiger partial charge is 0.407 e. The first-order chi connectivity index (χ1) is 11.9. The minimum Gasteiger partial charge on any atom is -0.445 e. The van der Waals surface area contributed by atoms with Crippen LogP contribution in [0.15, 0.2) is 30.3 Å². The van der Waals surface area contributed by atoms with Gasteiger partial charge in [0.05, 0.1) is 6.04 Å². The van der Waals surface area contributed by atoms with Crippen molar-refractivity contribution in [3.8, 4) is 0 Å². The highest BCUT2D eigenvalue weighted by Gasteiger charge is 2.32. The first-order valence-corrected chi connectivity index (χ1v) is 8.95. The summed E-state index contributed by atoms with van der Waals surface area (Å²) in [6.45, 7) is 6.96. The van der Waals surface area contributed by atoms with Gasteiger partial charge in [-0.05, 0) is 31.2 Å². The first kappa shape index (κ1) is 19.2. The van der Waals surface area contributed by atoms with E-state index in [0.29, 0.717) is 12.5 Å². The van der Waals surface area contributed by atoms with Gasteiger partial charge in [0.2, 0.25) is 5.91 Å². The predicted molar refractivity (Wildman–Crippen MR) is 97.0 cm³/mol. The molecule has 0 aliphatic heterocycles. The second-order valence-electron chi connectivity index (χ2n) is 7.10. The van der Waals surface area contributed by atoms with Crippen LogP contribution in [-0.4, -0.2) is 36.7 Å². The number of carbonyl (C=O) groups excluding carboxylic acids is 2. The highest BCUT2D eigenvalue weighted by Crippen LogP contribution is 2.20. The number of rotatable bonds is 8. The third kappa shape index (κ3) is 6.74. The van der Waals surface area contributed by atoms with Crippen LogP contribution in [0.4, 0.5) is 4.79 Å². The standard InChI is InChI=1S/C19H29N3O3/c1-13(2)11-20-18(23)14(3)21-16-9-17(10-16)22-19(24)25-12-15-7-5-4-6-8-15/h4-8,13-14,16-17,21H,9-12H2,1-3H3,(H,20,23)(H,22,24). The van der Waals surface area contributed by atoms with Crippen molar-refractivity contribution in [3.05, 3.63) is 35.9 Å². The van der Waals surface area contributed by atoms with Gasteiger partial charge in [0.15, 0.2) is 0 Å². The van der Waals surface area contributed by atoms with Crippen LogP contribution in [0, 0.1) is 5.92 Å². The van der Waals surface area contributed by atoms with Crippen LogP contribution in [0.1, 0.15) is 39.2 Å². The lowest BCUT2D eigenvalue weighted by molar-refractivity contribution is -0.123. The molecule has 3 N–H and O–H groups in total. The summed E-state index contributed by atoms with van der Waals surface area (Å²) in [5.74, 6) is 0.461. The highest BCUT2D eigenvalue weighted by atomic mass is 16.5. The second-order valence-corrected chi connectivity index (χ2v) is 7.10. The zero-order chi connectivity index (χ0) is 18.2. The van der Waals surface area contributed by atoms with Gasteiger partial charge >= 0.3 is 6.09 Å². The Balaban J connectivity index is 1.58. The third-order valence-corrected chi connectivity index (χ3v) is 4.24. The number of carbonyl (C=O) groups is 2. The van der Waals surface area contributed by atoms with E-state index in [0.717, 1.165) is 18.4 Å². The average Bonchev–Trinajstić information content (AvgIpc) is 2.56. The monoisotopic (exact) mass is 347 g/mol. The molecule has 6 nitrogen and oxygen atoms in total. The summed E-state index contributed by atoms with van der Waals surface area (Å²) in [6, 6.07) is 9.72. The molecule has 0 saturated heterocycles. The van der Waals surface area contributed by atoms with Crippen molar-refractivity contribution in [2.45, 2.75) is 58.3 Å². The second kappa shape index (κ2) is 9.42. The molecule has 138 valence electrons. The molecule has 2 rings (SSSR count). The summed E-state index contributed by atoms with van der Waals surface area (Å²) >= 11 is 0. The van der Waals surface area contributed by atoms with Crippen LogP contribution in [0.3, 0.4) is 0 Å². The molecule has 0 heterocycles. The van der Waals surface area contributed by atoms with Crippen LogP contribution in [-0.2, 0) is 16.1 Å². The largest absolute Gasteiger partial charge is 0.445 e. The number of benzene rings is 1. The number of hydrogen-bond donors (Lipinski definition) is 3. The molecule has 1 aliphatic carbocycles. The highest BCUT2D eigenvalue weighted by molar-refractivity contribution is 5.81. The summed E-state index contributed by atoms with van der Waals surface area (Å²) in [7, 11) is 0. The van der Waals surface area contributed by atoms with Gasteiger partial charge in [0.1, 0.15) is 6.61 Å². The molecule has 1 aromatic carbocycles. The summed E-state index contributed by atoms with van der Waals surface area (Å²) in [5.41, 5.74) is 0.965. The van der Waals surface area contributed by atoms with E-state index >= 15 is 0 Å². The van der Waals surface area contributed by atoms with Gasteiger partial charge in [-0.3, -0.25) is 4.79 Å². The number of ether oxygens (including phenoxy) is 1. The van der Waals surface area contributed by atoms with Gasteiger partial charge in [-0.25, -0.2) is 4.79 Å². The zero-order valence-corrected chi connectivity index (χ0v) is 15.2. The molecule has 0 radical (unpaired) electrons. The number of hydrogen-bond acceptors (Lipinski definition) is 4. The molecule has 1 saturated carbocycles. The van der Waals surface area contributed by atoms with E-state index in [2.05, 4.69) is 29.8 Å². The quantitative estimate of drug-likeness (QED) is 0.673. The van der Waals surface area contributed by atoms with Crippen molar-refractivity contribution in [2.24, 2.45) is 5.92 Å². The molecule has 25 heavy (non-hydrogen) atoms. The normalized spacial score (nSPS) is 20.5. The van der Waals surface area contributed by atoms with Crippen molar-refractivity contribution in [3.63, 3.8) is 0 Å². The van der Waals surface area contributed by atoms with Crippen molar-refractivity contribution in [1.82, 2.24) is 16.0 Å². The maximum atomic E-state index is 11.9. The minimum absolute atomic E-state index is 0.0207. The zero-order valence-electron chi connectivity index (χ0n) is 15.2. The van der Waals surface area contributed by atoms with Crippen molar-refractivity contribution in [2.75, 3.05) is 6.54 Å². The Kier molecular flexibility index (Phi) is 7.25. The summed E-state index contributed by atoms with van der Waals surface area (Å²) < 4.78 is 5.21. The van der Waals surface area contributed by atoms with E-state index < -0.39 is 6.09 Å². The maximum Gasteiger partial charge on any atom is 0.407 e. The summed E-state index contributed by atoms with van der Waals surface area (Å²) in [4.78, 5) is 23.7. The van der Waals surface area contributed by atoms with Gasteiger partial charge in [0.25, 0.3) is 0 Å². The summed E-state index contributed by atoms with van der Waals surface area (Å²) in [5, 5.41) is 9.07. The van der Waals surface area contributed by atoms with Gasteiger partial charge in [0, 0.05) is 18.6 Å². The van der Waals surface area contributed by atoms with Gasteiger partial charge in [-0.1, -0.05) is 44.2 Å². The minimum atomic E-state index is -0.393. The third-order valence-electron chi connectivity index (χ3n) is 4.24. The lowest BCUT2D eigenvalue weighted by Crippen LogP contribution is -2.56. The van der Waals surface area contributed by atoms with Gasteiger partial charge < -0.3 is 20.7 Å². The molecule has 0 spiro atoms. The Morgan fingerprint density at radius 2 is 1.80 bits per heavy atom. The van der Waals surface area contributed by atoms with Crippen LogP contribution in [0.2, 0.25) is 0 Å². The molecule has 2 amide bonds. The van der Waals surface area contributed by atoms with E-state index in [1.54, 1.807) is 0 Å². The Labute approximate surface area is 149 Å². The SMILES string of the molecule is CC(C)CNC(=O)C(C)NC1CC(NC(=O)OCc2ccccc2)C1. The first-order valence-electron chi connectivity index (χ1n) is 8.95. The molecule has 1 atom stereocenters. The van der Waals surface area contributed by atoms with E-state index in [9.17, 15) is 9.59 Å². The van der Waals surface area contributed by atoms with E-state index in [4.69, 9.17) is 4.74 Å². The molecule has 6 heteroatoms. The Hall–Kier alpha value is -2.08. The predicted octanol–water partition coefficient (Wildman–Crippen LogP) is 2.19. The van der Waals surface area contributed by atoms with Crippen LogP contribution < -0.4 is 16.0 Å². The van der Waals surface area contributed by atoms with Gasteiger partial charge in [-0.15, -0.1) is 0 Å². The van der Waals surface area contributed by atoms with E-state index in [1.807, 2.05) is 37.3 Å². The number of alkyl carbamates (subject to hydrolysis) is 1. The molecule has 0 aromatic heterocycles. The lowest BCUT2D eigenvalue weighted by Gasteiger charge is -2.37.